The van der Waals surface area contributed by atoms with Crippen LogP contribution in [0.15, 0.2) is 41.7 Å². The van der Waals surface area contributed by atoms with Crippen LogP contribution in [0.4, 0.5) is 5.69 Å². The van der Waals surface area contributed by atoms with Gasteiger partial charge in [0.1, 0.15) is 5.69 Å². The van der Waals surface area contributed by atoms with Gasteiger partial charge in [0.05, 0.1) is 11.1 Å². The van der Waals surface area contributed by atoms with E-state index >= 15 is 0 Å². The minimum Gasteiger partial charge on any atom is -0.320 e. The Morgan fingerprint density at radius 3 is 2.55 bits per heavy atom. The van der Waals surface area contributed by atoms with E-state index in [9.17, 15) is 13.2 Å². The molecular weight excluding hydrogens is 304 g/mol. The van der Waals surface area contributed by atoms with Crippen LogP contribution < -0.4 is 5.32 Å². The first-order valence-corrected chi connectivity index (χ1v) is 7.87. The molecule has 0 unspecified atom stereocenters. The molecule has 0 spiro atoms. The van der Waals surface area contributed by atoms with Gasteiger partial charge in [-0.15, -0.1) is 0 Å². The molecule has 0 bridgehead atoms. The highest BCUT2D eigenvalue weighted by molar-refractivity contribution is 7.89. The molecule has 0 fully saturated rings. The van der Waals surface area contributed by atoms with Crippen LogP contribution in [0.5, 0.6) is 0 Å². The molecule has 0 aliphatic heterocycles. The number of hydrogen-bond donors (Lipinski definition) is 1. The van der Waals surface area contributed by atoms with Crippen molar-refractivity contribution in [3.63, 3.8) is 0 Å². The van der Waals surface area contributed by atoms with E-state index in [0.717, 1.165) is 9.87 Å². The number of anilines is 1. The van der Waals surface area contributed by atoms with E-state index in [1.54, 1.807) is 13.0 Å². The average Bonchev–Trinajstić information content (AvgIpc) is 2.50. The lowest BCUT2D eigenvalue weighted by atomic mass is 10.2. The van der Waals surface area contributed by atoms with Crippen molar-refractivity contribution in [3.8, 4) is 0 Å². The lowest BCUT2D eigenvalue weighted by Crippen LogP contribution is -2.22. The summed E-state index contributed by atoms with van der Waals surface area (Å²) in [6, 6.07) is 4.57. The van der Waals surface area contributed by atoms with Crippen LogP contribution in [-0.4, -0.2) is 42.7 Å². The number of carbonyl (C=O) groups excluding carboxylic acids is 1. The zero-order chi connectivity index (χ0) is 16.3. The molecular formula is C14H16N4O3S. The van der Waals surface area contributed by atoms with E-state index < -0.39 is 15.9 Å². The van der Waals surface area contributed by atoms with Crippen molar-refractivity contribution in [3.05, 3.63) is 48.0 Å². The zero-order valence-corrected chi connectivity index (χ0v) is 13.3. The van der Waals surface area contributed by atoms with Crippen LogP contribution in [0.2, 0.25) is 0 Å². The molecule has 0 saturated heterocycles. The van der Waals surface area contributed by atoms with E-state index in [4.69, 9.17) is 0 Å². The van der Waals surface area contributed by atoms with Crippen LogP contribution in [0.1, 0.15) is 16.1 Å². The fourth-order valence-corrected chi connectivity index (χ4v) is 2.64. The number of rotatable bonds is 4. The number of aryl methyl sites for hydroxylation is 1. The van der Waals surface area contributed by atoms with Gasteiger partial charge in [-0.1, -0.05) is 6.07 Å². The van der Waals surface area contributed by atoms with Crippen LogP contribution >= 0.6 is 0 Å². The summed E-state index contributed by atoms with van der Waals surface area (Å²) in [6.45, 7) is 1.78. The fourth-order valence-electron chi connectivity index (χ4n) is 1.71. The number of nitrogens with one attached hydrogen (secondary N) is 1. The Morgan fingerprint density at radius 2 is 1.95 bits per heavy atom. The quantitative estimate of drug-likeness (QED) is 0.916. The Balaban J connectivity index is 2.34. The Morgan fingerprint density at radius 1 is 1.23 bits per heavy atom. The summed E-state index contributed by atoms with van der Waals surface area (Å²) >= 11 is 0. The van der Waals surface area contributed by atoms with Gasteiger partial charge in [-0.05, 0) is 24.6 Å². The van der Waals surface area contributed by atoms with Crippen molar-refractivity contribution in [2.24, 2.45) is 0 Å². The molecule has 2 rings (SSSR count). The first kappa shape index (κ1) is 16.1. The molecule has 1 N–H and O–H groups in total. The van der Waals surface area contributed by atoms with Gasteiger partial charge in [-0.3, -0.25) is 9.78 Å². The van der Waals surface area contributed by atoms with Crippen molar-refractivity contribution in [1.82, 2.24) is 14.3 Å². The molecule has 22 heavy (non-hydrogen) atoms. The lowest BCUT2D eigenvalue weighted by molar-refractivity contribution is 0.102. The molecule has 0 radical (unpaired) electrons. The third-order valence-electron chi connectivity index (χ3n) is 3.03. The molecule has 1 aromatic carbocycles. The van der Waals surface area contributed by atoms with E-state index in [0.29, 0.717) is 5.69 Å². The van der Waals surface area contributed by atoms with Gasteiger partial charge in [0.2, 0.25) is 10.0 Å². The number of sulfonamides is 1. The molecule has 0 aliphatic rings. The summed E-state index contributed by atoms with van der Waals surface area (Å²) in [6.07, 6.45) is 4.21. The van der Waals surface area contributed by atoms with Gasteiger partial charge in [-0.25, -0.2) is 17.7 Å². The molecule has 116 valence electrons. The maximum absolute atomic E-state index is 12.1. The number of benzene rings is 1. The van der Waals surface area contributed by atoms with Gasteiger partial charge in [0.15, 0.2) is 0 Å². The summed E-state index contributed by atoms with van der Waals surface area (Å²) in [5.41, 5.74) is 1.32. The van der Waals surface area contributed by atoms with E-state index in [2.05, 4.69) is 15.3 Å². The third-order valence-corrected chi connectivity index (χ3v) is 4.84. The van der Waals surface area contributed by atoms with Gasteiger partial charge in [0.25, 0.3) is 5.91 Å². The Kier molecular flexibility index (Phi) is 4.53. The maximum atomic E-state index is 12.1. The first-order chi connectivity index (χ1) is 10.3. The van der Waals surface area contributed by atoms with E-state index in [1.165, 1.54) is 44.8 Å². The molecule has 0 atom stereocenters. The predicted octanol–water partition coefficient (Wildman–Crippen LogP) is 1.29. The average molecular weight is 320 g/mol. The highest BCUT2D eigenvalue weighted by Crippen LogP contribution is 2.22. The highest BCUT2D eigenvalue weighted by atomic mass is 32.2. The SMILES string of the molecule is Cc1ccc(S(=O)(=O)N(C)C)cc1NC(=O)c1cnccn1. The third kappa shape index (κ3) is 3.29. The molecule has 1 heterocycles. The van der Waals surface area contributed by atoms with E-state index in [1.807, 2.05) is 0 Å². The number of aromatic nitrogens is 2. The van der Waals surface area contributed by atoms with Crippen molar-refractivity contribution in [2.75, 3.05) is 19.4 Å². The number of hydrogen-bond acceptors (Lipinski definition) is 5. The minimum absolute atomic E-state index is 0.109. The van der Waals surface area contributed by atoms with Gasteiger partial charge >= 0.3 is 0 Å². The molecule has 8 heteroatoms. The Hall–Kier alpha value is -2.32. The van der Waals surface area contributed by atoms with Crippen molar-refractivity contribution in [2.45, 2.75) is 11.8 Å². The van der Waals surface area contributed by atoms with Crippen molar-refractivity contribution < 1.29 is 13.2 Å². The van der Waals surface area contributed by atoms with Crippen molar-refractivity contribution >= 4 is 21.6 Å². The second kappa shape index (κ2) is 6.20. The lowest BCUT2D eigenvalue weighted by Gasteiger charge is -2.14. The summed E-state index contributed by atoms with van der Waals surface area (Å²) in [5, 5.41) is 2.65. The second-order valence-electron chi connectivity index (χ2n) is 4.81. The van der Waals surface area contributed by atoms with Crippen LogP contribution in [-0.2, 0) is 10.0 Å². The predicted molar refractivity (Wildman–Crippen MR) is 82.0 cm³/mol. The highest BCUT2D eigenvalue weighted by Gasteiger charge is 2.19. The molecule has 0 saturated carbocycles. The maximum Gasteiger partial charge on any atom is 0.275 e. The van der Waals surface area contributed by atoms with Gasteiger partial charge in [-0.2, -0.15) is 0 Å². The van der Waals surface area contributed by atoms with Crippen LogP contribution in [0.3, 0.4) is 0 Å². The normalized spacial score (nSPS) is 11.5. The van der Waals surface area contributed by atoms with Gasteiger partial charge in [0, 0.05) is 32.2 Å². The van der Waals surface area contributed by atoms with Crippen molar-refractivity contribution in [1.29, 1.82) is 0 Å². The second-order valence-corrected chi connectivity index (χ2v) is 6.96. The molecule has 1 aromatic heterocycles. The molecule has 1 amide bonds. The smallest absolute Gasteiger partial charge is 0.275 e. The summed E-state index contributed by atoms with van der Waals surface area (Å²) in [5.74, 6) is -0.449. The topological polar surface area (TPSA) is 92.3 Å². The van der Waals surface area contributed by atoms with E-state index in [-0.39, 0.29) is 10.6 Å². The number of amides is 1. The summed E-state index contributed by atoms with van der Waals surface area (Å²) < 4.78 is 25.4. The summed E-state index contributed by atoms with van der Waals surface area (Å²) in [7, 11) is -0.660. The first-order valence-electron chi connectivity index (χ1n) is 6.43. The zero-order valence-electron chi connectivity index (χ0n) is 12.4. The monoisotopic (exact) mass is 320 g/mol. The van der Waals surface area contributed by atoms with Crippen LogP contribution in [0, 0.1) is 6.92 Å². The Bertz CT molecular complexity index is 789. The minimum atomic E-state index is -3.56. The van der Waals surface area contributed by atoms with Crippen LogP contribution in [0.25, 0.3) is 0 Å². The molecule has 7 nitrogen and oxygen atoms in total. The molecule has 0 aliphatic carbocycles. The standard InChI is InChI=1S/C14H16N4O3S/c1-10-4-5-11(22(20,21)18(2)3)8-12(10)17-14(19)13-9-15-6-7-16-13/h4-9H,1-3H3,(H,17,19). The Labute approximate surface area is 129 Å². The number of nitrogens with zero attached hydrogens (tertiary/aromatic N) is 3. The molecule has 2 aromatic rings. The fraction of sp³-hybridized carbons (Fsp3) is 0.214. The van der Waals surface area contributed by atoms with Gasteiger partial charge < -0.3 is 5.32 Å². The largest absolute Gasteiger partial charge is 0.320 e. The summed E-state index contributed by atoms with van der Waals surface area (Å²) in [4.78, 5) is 19.9. The number of carbonyl (C=O) groups is 1.